The van der Waals surface area contributed by atoms with Crippen molar-refractivity contribution >= 4 is 20.7 Å². The van der Waals surface area contributed by atoms with Crippen LogP contribution < -0.4 is 10.3 Å². The van der Waals surface area contributed by atoms with Crippen molar-refractivity contribution in [1.29, 1.82) is 0 Å². The Labute approximate surface area is 225 Å². The summed E-state index contributed by atoms with van der Waals surface area (Å²) < 4.78 is 32.0. The van der Waals surface area contributed by atoms with E-state index in [-0.39, 0.29) is 22.4 Å². The number of unbranched alkanes of at least 4 members (excludes halogenated alkanes) is 1. The number of tetrazole rings is 1. The van der Waals surface area contributed by atoms with E-state index in [0.717, 1.165) is 30.2 Å². The van der Waals surface area contributed by atoms with E-state index in [0.29, 0.717) is 29.3 Å². The zero-order chi connectivity index (χ0) is 27.4. The Morgan fingerprint density at radius 1 is 1.03 bits per heavy atom. The molecule has 5 rings (SSSR count). The van der Waals surface area contributed by atoms with E-state index in [1.54, 1.807) is 10.6 Å². The molecule has 0 aliphatic heterocycles. The van der Waals surface area contributed by atoms with Crippen LogP contribution in [0.2, 0.25) is 0 Å². The normalized spacial score (nSPS) is 12.5. The first-order valence-corrected chi connectivity index (χ1v) is 14.5. The molecule has 0 aliphatic carbocycles. The summed E-state index contributed by atoms with van der Waals surface area (Å²) in [4.78, 5) is 18.4. The lowest BCUT2D eigenvalue weighted by molar-refractivity contribution is 0.237. The Morgan fingerprint density at radius 3 is 2.46 bits per heavy atom. The lowest BCUT2D eigenvalue weighted by Crippen LogP contribution is -2.26. The van der Waals surface area contributed by atoms with Gasteiger partial charge in [-0.15, -0.1) is 10.2 Å². The molecule has 0 aliphatic rings. The molecular weight excluding hydrogens is 516 g/mol. The van der Waals surface area contributed by atoms with Crippen LogP contribution in [-0.2, 0) is 22.8 Å². The molecule has 1 unspecified atom stereocenters. The number of fused-ring (bicyclic) bond motifs is 1. The second-order valence-electron chi connectivity index (χ2n) is 9.30. The predicted molar refractivity (Wildman–Crippen MR) is 146 cm³/mol. The van der Waals surface area contributed by atoms with Gasteiger partial charge in [0.15, 0.2) is 15.9 Å². The highest BCUT2D eigenvalue weighted by Crippen LogP contribution is 2.26. The highest BCUT2D eigenvalue weighted by Gasteiger charge is 2.21. The molecule has 39 heavy (non-hydrogen) atoms. The average Bonchev–Trinajstić information content (AvgIpc) is 3.47. The topological polar surface area (TPSA) is 133 Å². The van der Waals surface area contributed by atoms with Crippen molar-refractivity contribution in [1.82, 2.24) is 30.2 Å². The Morgan fingerprint density at radius 2 is 1.79 bits per heavy atom. The van der Waals surface area contributed by atoms with Crippen molar-refractivity contribution < 1.29 is 13.2 Å². The number of rotatable bonds is 10. The molecule has 0 spiro atoms. The maximum atomic E-state index is 13.6. The second-order valence-corrected chi connectivity index (χ2v) is 11.3. The van der Waals surface area contributed by atoms with Crippen LogP contribution in [0.5, 0.6) is 5.75 Å². The van der Waals surface area contributed by atoms with Gasteiger partial charge in [0.05, 0.1) is 22.3 Å². The first kappa shape index (κ1) is 26.2. The van der Waals surface area contributed by atoms with Gasteiger partial charge in [-0.05, 0) is 42.3 Å². The number of aryl methyl sites for hydroxylation is 1. The summed E-state index contributed by atoms with van der Waals surface area (Å²) in [5.41, 5.74) is 1.98. The molecule has 5 aromatic rings. The van der Waals surface area contributed by atoms with E-state index in [1.807, 2.05) is 54.6 Å². The van der Waals surface area contributed by atoms with Gasteiger partial charge in [-0.1, -0.05) is 61.0 Å². The number of hydrogen-bond acceptors (Lipinski definition) is 8. The fourth-order valence-corrected chi connectivity index (χ4v) is 4.98. The van der Waals surface area contributed by atoms with Crippen LogP contribution in [0.1, 0.15) is 48.6 Å². The summed E-state index contributed by atoms with van der Waals surface area (Å²) in [6, 6.07) is 21.6. The monoisotopic (exact) mass is 544 g/mol. The SMILES string of the molecule is CCCCc1nc2ccc(S(C)(=O)=O)cc2c(=O)n1Cc1ccc(OC(c2ccccc2)c2nn[nH]n2)cc1. The minimum absolute atomic E-state index is 0.0952. The summed E-state index contributed by atoms with van der Waals surface area (Å²) in [7, 11) is -3.46. The Bertz CT molecular complexity index is 1740. The smallest absolute Gasteiger partial charge is 0.261 e. The van der Waals surface area contributed by atoms with Gasteiger partial charge in [-0.25, -0.2) is 13.4 Å². The van der Waals surface area contributed by atoms with Crippen LogP contribution in [0, 0.1) is 0 Å². The van der Waals surface area contributed by atoms with Gasteiger partial charge >= 0.3 is 0 Å². The van der Waals surface area contributed by atoms with Gasteiger partial charge < -0.3 is 4.74 Å². The van der Waals surface area contributed by atoms with Gasteiger partial charge in [-0.3, -0.25) is 9.36 Å². The number of benzene rings is 3. The van der Waals surface area contributed by atoms with Crippen molar-refractivity contribution in [2.45, 2.75) is 43.7 Å². The van der Waals surface area contributed by atoms with Crippen molar-refractivity contribution in [3.8, 4) is 5.75 Å². The minimum Gasteiger partial charge on any atom is -0.478 e. The third-order valence-electron chi connectivity index (χ3n) is 6.40. The number of hydrogen-bond donors (Lipinski definition) is 1. The molecule has 1 N–H and O–H groups in total. The highest BCUT2D eigenvalue weighted by atomic mass is 32.2. The summed E-state index contributed by atoms with van der Waals surface area (Å²) in [5, 5.41) is 14.6. The average molecular weight is 545 g/mol. The molecule has 0 bridgehead atoms. The zero-order valence-electron chi connectivity index (χ0n) is 21.6. The first-order valence-electron chi connectivity index (χ1n) is 12.6. The van der Waals surface area contributed by atoms with Crippen molar-refractivity contribution in [3.63, 3.8) is 0 Å². The first-order chi connectivity index (χ1) is 18.8. The van der Waals surface area contributed by atoms with E-state index in [4.69, 9.17) is 9.72 Å². The number of ether oxygens (including phenoxy) is 1. The standard InChI is InChI=1S/C28H28N6O4S/c1-3-4-10-25-29-24-16-15-22(39(2,36)37)17-23(24)28(35)34(25)18-19-11-13-21(14-12-19)38-26(27-30-32-33-31-27)20-8-6-5-7-9-20/h5-9,11-17,26H,3-4,10,18H2,1-2H3,(H,30,31,32,33). The molecule has 0 saturated heterocycles. The molecule has 0 fully saturated rings. The molecule has 200 valence electrons. The maximum absolute atomic E-state index is 13.6. The van der Waals surface area contributed by atoms with Crippen LogP contribution in [0.4, 0.5) is 0 Å². The second kappa shape index (κ2) is 11.2. The van der Waals surface area contributed by atoms with Crippen molar-refractivity contribution in [2.75, 3.05) is 6.26 Å². The molecule has 0 saturated carbocycles. The van der Waals surface area contributed by atoms with E-state index in [9.17, 15) is 13.2 Å². The number of sulfone groups is 1. The summed E-state index contributed by atoms with van der Waals surface area (Å²) in [5.74, 6) is 1.68. The quantitative estimate of drug-likeness (QED) is 0.280. The van der Waals surface area contributed by atoms with Crippen molar-refractivity contribution in [2.24, 2.45) is 0 Å². The van der Waals surface area contributed by atoms with Crippen molar-refractivity contribution in [3.05, 3.63) is 106 Å². The summed E-state index contributed by atoms with van der Waals surface area (Å²) in [6.07, 6.45) is 3.05. The molecule has 1 atom stereocenters. The molecule has 0 radical (unpaired) electrons. The predicted octanol–water partition coefficient (Wildman–Crippen LogP) is 3.87. The van der Waals surface area contributed by atoms with Crippen LogP contribution in [0.15, 0.2) is 82.5 Å². The Balaban J connectivity index is 1.46. The largest absolute Gasteiger partial charge is 0.478 e. The highest BCUT2D eigenvalue weighted by molar-refractivity contribution is 7.90. The Hall–Kier alpha value is -4.38. The molecule has 10 nitrogen and oxygen atoms in total. The number of H-pyrrole nitrogens is 1. The number of nitrogens with one attached hydrogen (secondary N) is 1. The third kappa shape index (κ3) is 5.88. The lowest BCUT2D eigenvalue weighted by Gasteiger charge is -2.17. The molecule has 0 amide bonds. The molecule has 3 aromatic carbocycles. The van der Waals surface area contributed by atoms with Gasteiger partial charge in [0.1, 0.15) is 11.6 Å². The summed E-state index contributed by atoms with van der Waals surface area (Å²) >= 11 is 0. The van der Waals surface area contributed by atoms with Gasteiger partial charge in [0.25, 0.3) is 5.56 Å². The number of aromatic nitrogens is 6. The maximum Gasteiger partial charge on any atom is 0.261 e. The number of nitrogens with zero attached hydrogens (tertiary/aromatic N) is 5. The van der Waals surface area contributed by atoms with E-state index in [1.165, 1.54) is 12.1 Å². The molecule has 2 heterocycles. The zero-order valence-corrected chi connectivity index (χ0v) is 22.4. The van der Waals surface area contributed by atoms with E-state index in [2.05, 4.69) is 27.5 Å². The van der Waals surface area contributed by atoms with E-state index < -0.39 is 15.9 Å². The molecular formula is C28H28N6O4S. The molecule has 11 heteroatoms. The number of aromatic amines is 1. The van der Waals surface area contributed by atoms with Gasteiger partial charge in [0.2, 0.25) is 5.82 Å². The Kier molecular flexibility index (Phi) is 7.51. The van der Waals surface area contributed by atoms with E-state index >= 15 is 0 Å². The fourth-order valence-electron chi connectivity index (χ4n) is 4.34. The van der Waals surface area contributed by atoms with Gasteiger partial charge in [-0.2, -0.15) is 5.21 Å². The molecule has 2 aromatic heterocycles. The third-order valence-corrected chi connectivity index (χ3v) is 7.51. The van der Waals surface area contributed by atoms with Crippen LogP contribution >= 0.6 is 0 Å². The summed E-state index contributed by atoms with van der Waals surface area (Å²) in [6.45, 7) is 2.37. The fraction of sp³-hybridized carbons (Fsp3) is 0.250. The van der Waals surface area contributed by atoms with Crippen LogP contribution in [0.3, 0.4) is 0 Å². The van der Waals surface area contributed by atoms with Gasteiger partial charge in [0, 0.05) is 18.2 Å². The lowest BCUT2D eigenvalue weighted by atomic mass is 10.1. The minimum atomic E-state index is -3.46. The van der Waals surface area contributed by atoms with Crippen LogP contribution in [0.25, 0.3) is 10.9 Å². The van der Waals surface area contributed by atoms with Crippen LogP contribution in [-0.4, -0.2) is 44.8 Å².